The maximum absolute atomic E-state index is 14.7. The van der Waals surface area contributed by atoms with Crippen molar-refractivity contribution in [3.63, 3.8) is 0 Å². The van der Waals surface area contributed by atoms with Gasteiger partial charge in [-0.25, -0.2) is 9.49 Å². The number of carbonyl (C=O) groups excluding carboxylic acids is 1. The Bertz CT molecular complexity index is 1270. The van der Waals surface area contributed by atoms with E-state index in [2.05, 4.69) is 15.1 Å². The summed E-state index contributed by atoms with van der Waals surface area (Å²) in [5.41, 5.74) is 1.21. The molecule has 1 amide bonds. The molecule has 1 saturated carbocycles. The fourth-order valence-corrected chi connectivity index (χ4v) is 4.55. The Hall–Kier alpha value is -3.26. The van der Waals surface area contributed by atoms with Crippen molar-refractivity contribution in [1.82, 2.24) is 20.0 Å². The summed E-state index contributed by atoms with van der Waals surface area (Å²) in [6.07, 6.45) is 4.69. The van der Waals surface area contributed by atoms with Gasteiger partial charge in [0.15, 0.2) is 0 Å². The summed E-state index contributed by atoms with van der Waals surface area (Å²) in [5.74, 6) is -0.0982. The maximum Gasteiger partial charge on any atom is 0.272 e. The van der Waals surface area contributed by atoms with E-state index in [4.69, 9.17) is 4.74 Å². The van der Waals surface area contributed by atoms with Gasteiger partial charge in [-0.15, -0.1) is 0 Å². The van der Waals surface area contributed by atoms with Gasteiger partial charge in [0.1, 0.15) is 11.6 Å². The number of hydrogen-bond acceptors (Lipinski definition) is 5. The van der Waals surface area contributed by atoms with E-state index in [1.807, 2.05) is 19.2 Å². The van der Waals surface area contributed by atoms with Crippen LogP contribution in [0, 0.1) is 5.82 Å². The molecule has 2 aliphatic rings. The van der Waals surface area contributed by atoms with Crippen molar-refractivity contribution in [1.29, 1.82) is 0 Å². The number of rotatable bonds is 5. The average molecular weight is 465 g/mol. The van der Waals surface area contributed by atoms with Crippen molar-refractivity contribution in [2.75, 3.05) is 33.2 Å². The fraction of sp³-hybridized carbons (Fsp3) is 0.423. The van der Waals surface area contributed by atoms with E-state index in [-0.39, 0.29) is 23.1 Å². The Morgan fingerprint density at radius 1 is 1.09 bits per heavy atom. The number of carbonyl (C=O) groups is 1. The molecule has 2 fully saturated rings. The highest BCUT2D eigenvalue weighted by molar-refractivity contribution is 5.95. The van der Waals surface area contributed by atoms with Crippen LogP contribution in [0.3, 0.4) is 0 Å². The SMILES string of the molecule is CN1CCCN(C(=O)c2cc(Cc3n[nH]c(=O)c4ccc(OC5CCC5)cc34)ccc2F)CC1. The molecule has 7 nitrogen and oxygen atoms in total. The van der Waals surface area contributed by atoms with E-state index < -0.39 is 5.82 Å². The molecule has 0 atom stereocenters. The van der Waals surface area contributed by atoms with Crippen molar-refractivity contribution in [2.45, 2.75) is 38.2 Å². The third kappa shape index (κ3) is 4.68. The van der Waals surface area contributed by atoms with Gasteiger partial charge in [-0.3, -0.25) is 9.59 Å². The lowest BCUT2D eigenvalue weighted by atomic mass is 9.96. The molecule has 1 saturated heterocycles. The average Bonchev–Trinajstić information content (AvgIpc) is 3.03. The molecule has 0 unspecified atom stereocenters. The highest BCUT2D eigenvalue weighted by Gasteiger charge is 2.23. The first-order valence-corrected chi connectivity index (χ1v) is 11.9. The van der Waals surface area contributed by atoms with Crippen molar-refractivity contribution in [2.24, 2.45) is 0 Å². The molecule has 0 spiro atoms. The summed E-state index contributed by atoms with van der Waals surface area (Å²) < 4.78 is 20.7. The van der Waals surface area contributed by atoms with Crippen LogP contribution < -0.4 is 10.3 Å². The second kappa shape index (κ2) is 9.54. The molecule has 1 aliphatic heterocycles. The number of nitrogens with zero attached hydrogens (tertiary/aromatic N) is 3. The van der Waals surface area contributed by atoms with Gasteiger partial charge in [0, 0.05) is 31.4 Å². The maximum atomic E-state index is 14.7. The molecular weight excluding hydrogens is 435 g/mol. The van der Waals surface area contributed by atoms with Crippen LogP contribution >= 0.6 is 0 Å². The largest absolute Gasteiger partial charge is 0.490 e. The molecule has 1 aliphatic carbocycles. The number of nitrogens with one attached hydrogen (secondary N) is 1. The Kier molecular flexibility index (Phi) is 6.32. The predicted octanol–water partition coefficient (Wildman–Crippen LogP) is 3.36. The van der Waals surface area contributed by atoms with Crippen LogP contribution in [0.5, 0.6) is 5.75 Å². The van der Waals surface area contributed by atoms with Gasteiger partial charge >= 0.3 is 0 Å². The third-order valence-corrected chi connectivity index (χ3v) is 6.83. The number of likely N-dealkylation sites (N-methyl/N-ethyl adjacent to an activating group) is 1. The number of halogens is 1. The zero-order valence-corrected chi connectivity index (χ0v) is 19.3. The van der Waals surface area contributed by atoms with Crippen molar-refractivity contribution in [3.8, 4) is 5.75 Å². The van der Waals surface area contributed by atoms with Crippen LogP contribution in [0.15, 0.2) is 41.2 Å². The normalized spacial score (nSPS) is 17.4. The lowest BCUT2D eigenvalue weighted by Crippen LogP contribution is -2.35. The van der Waals surface area contributed by atoms with Crippen molar-refractivity contribution >= 4 is 16.7 Å². The molecule has 2 heterocycles. The number of fused-ring (bicyclic) bond motifs is 1. The zero-order chi connectivity index (χ0) is 23.7. The number of H-pyrrole nitrogens is 1. The van der Waals surface area contributed by atoms with Crippen LogP contribution in [-0.2, 0) is 6.42 Å². The first kappa shape index (κ1) is 22.5. The van der Waals surface area contributed by atoms with Crippen LogP contribution in [-0.4, -0.2) is 65.2 Å². The quantitative estimate of drug-likeness (QED) is 0.627. The number of amides is 1. The van der Waals surface area contributed by atoms with Crippen LogP contribution in [0.1, 0.15) is 47.3 Å². The highest BCUT2D eigenvalue weighted by atomic mass is 19.1. The Morgan fingerprint density at radius 2 is 1.94 bits per heavy atom. The van der Waals surface area contributed by atoms with Gasteiger partial charge in [0.05, 0.1) is 22.7 Å². The fourth-order valence-electron chi connectivity index (χ4n) is 4.55. The molecule has 0 bridgehead atoms. The number of aromatic amines is 1. The summed E-state index contributed by atoms with van der Waals surface area (Å²) >= 11 is 0. The van der Waals surface area contributed by atoms with Gasteiger partial charge in [-0.2, -0.15) is 5.10 Å². The summed E-state index contributed by atoms with van der Waals surface area (Å²) in [6, 6.07) is 10.0. The summed E-state index contributed by atoms with van der Waals surface area (Å²) in [5, 5.41) is 8.06. The molecule has 3 aromatic rings. The first-order chi connectivity index (χ1) is 16.5. The number of hydrogen-bond donors (Lipinski definition) is 1. The van der Waals surface area contributed by atoms with Crippen LogP contribution in [0.4, 0.5) is 4.39 Å². The summed E-state index contributed by atoms with van der Waals surface area (Å²) in [6.45, 7) is 2.88. The standard InChI is InChI=1S/C26H29FN4O3/c1-30-10-3-11-31(13-12-30)26(33)22-14-17(6-9-23(22)27)15-24-21-16-19(34-18-4-2-5-18)7-8-20(21)25(32)29-28-24/h6-9,14,16,18H,2-5,10-13,15H2,1H3,(H,29,32). The van der Waals surface area contributed by atoms with E-state index in [1.54, 1.807) is 23.1 Å². The Labute approximate surface area is 197 Å². The van der Waals surface area contributed by atoms with E-state index in [0.29, 0.717) is 41.7 Å². The van der Waals surface area contributed by atoms with Gasteiger partial charge in [-0.1, -0.05) is 6.07 Å². The van der Waals surface area contributed by atoms with E-state index in [9.17, 15) is 14.0 Å². The van der Waals surface area contributed by atoms with Crippen molar-refractivity contribution < 1.29 is 13.9 Å². The monoisotopic (exact) mass is 464 g/mol. The zero-order valence-electron chi connectivity index (χ0n) is 19.3. The van der Waals surface area contributed by atoms with Gasteiger partial charge in [-0.05, 0) is 75.2 Å². The van der Waals surface area contributed by atoms with E-state index >= 15 is 0 Å². The van der Waals surface area contributed by atoms with Crippen molar-refractivity contribution in [3.05, 3.63) is 69.4 Å². The molecule has 2 aromatic carbocycles. The van der Waals surface area contributed by atoms with Gasteiger partial charge < -0.3 is 14.5 Å². The molecule has 178 valence electrons. The third-order valence-electron chi connectivity index (χ3n) is 6.83. The predicted molar refractivity (Wildman–Crippen MR) is 128 cm³/mol. The topological polar surface area (TPSA) is 78.5 Å². The smallest absolute Gasteiger partial charge is 0.272 e. The minimum Gasteiger partial charge on any atom is -0.490 e. The lowest BCUT2D eigenvalue weighted by Gasteiger charge is -2.26. The van der Waals surface area contributed by atoms with Gasteiger partial charge in [0.25, 0.3) is 11.5 Å². The minimum atomic E-state index is -0.526. The van der Waals surface area contributed by atoms with Gasteiger partial charge in [0.2, 0.25) is 0 Å². The lowest BCUT2D eigenvalue weighted by molar-refractivity contribution is 0.0758. The highest BCUT2D eigenvalue weighted by Crippen LogP contribution is 2.28. The molecular formula is C26H29FN4O3. The summed E-state index contributed by atoms with van der Waals surface area (Å²) in [7, 11) is 2.03. The number of benzene rings is 2. The second-order valence-corrected chi connectivity index (χ2v) is 9.32. The molecule has 0 radical (unpaired) electrons. The first-order valence-electron chi connectivity index (χ1n) is 11.9. The van der Waals surface area contributed by atoms with Crippen LogP contribution in [0.2, 0.25) is 0 Å². The second-order valence-electron chi connectivity index (χ2n) is 9.32. The Morgan fingerprint density at radius 3 is 2.74 bits per heavy atom. The molecule has 1 aromatic heterocycles. The number of aromatic nitrogens is 2. The van der Waals surface area contributed by atoms with Crippen LogP contribution in [0.25, 0.3) is 10.8 Å². The van der Waals surface area contributed by atoms with E-state index in [1.165, 1.54) is 12.5 Å². The number of ether oxygens (including phenoxy) is 1. The van der Waals surface area contributed by atoms with E-state index in [0.717, 1.165) is 37.9 Å². The molecule has 34 heavy (non-hydrogen) atoms. The minimum absolute atomic E-state index is 0.0739. The molecule has 8 heteroatoms. The summed E-state index contributed by atoms with van der Waals surface area (Å²) in [4.78, 5) is 29.3. The molecule has 5 rings (SSSR count). The molecule has 1 N–H and O–H groups in total. The Balaban J connectivity index is 1.43.